The first kappa shape index (κ1) is 31.3. The molecule has 228 valence electrons. The summed E-state index contributed by atoms with van der Waals surface area (Å²) >= 11 is 6.28. The highest BCUT2D eigenvalue weighted by molar-refractivity contribution is 7.92. The van der Waals surface area contributed by atoms with Gasteiger partial charge in [-0.1, -0.05) is 109 Å². The van der Waals surface area contributed by atoms with Crippen molar-refractivity contribution in [1.82, 2.24) is 10.2 Å². The number of halogens is 1. The van der Waals surface area contributed by atoms with Gasteiger partial charge in [-0.2, -0.15) is 0 Å². The first-order valence-electron chi connectivity index (χ1n) is 14.8. The fourth-order valence-electron chi connectivity index (χ4n) is 5.58. The molecule has 0 bridgehead atoms. The summed E-state index contributed by atoms with van der Waals surface area (Å²) in [5, 5.41) is 3.52. The fourth-order valence-corrected chi connectivity index (χ4v) is 7.19. The summed E-state index contributed by atoms with van der Waals surface area (Å²) in [6.07, 6.45) is 4.17. The van der Waals surface area contributed by atoms with E-state index < -0.39 is 28.5 Å². The molecule has 1 saturated carbocycles. The van der Waals surface area contributed by atoms with Gasteiger partial charge in [0.25, 0.3) is 10.0 Å². The molecule has 0 heterocycles. The predicted octanol–water partition coefficient (Wildman–Crippen LogP) is 6.23. The number of amides is 2. The van der Waals surface area contributed by atoms with Crippen molar-refractivity contribution in [3.05, 3.63) is 131 Å². The molecular formula is C35H36ClN3O4S. The van der Waals surface area contributed by atoms with Crippen LogP contribution >= 0.6 is 11.6 Å². The van der Waals surface area contributed by atoms with Gasteiger partial charge in [-0.3, -0.25) is 13.9 Å². The van der Waals surface area contributed by atoms with Crippen molar-refractivity contribution in [2.45, 2.75) is 55.6 Å². The lowest BCUT2D eigenvalue weighted by atomic mass is 10.0. The lowest BCUT2D eigenvalue weighted by Crippen LogP contribution is -2.54. The van der Waals surface area contributed by atoms with E-state index in [0.29, 0.717) is 5.02 Å². The third-order valence-electron chi connectivity index (χ3n) is 7.87. The second-order valence-corrected chi connectivity index (χ2v) is 13.3. The van der Waals surface area contributed by atoms with Crippen LogP contribution in [0, 0.1) is 0 Å². The van der Waals surface area contributed by atoms with Crippen molar-refractivity contribution in [3.63, 3.8) is 0 Å². The summed E-state index contributed by atoms with van der Waals surface area (Å²) < 4.78 is 29.1. The molecule has 1 fully saturated rings. The number of nitrogens with one attached hydrogen (secondary N) is 1. The van der Waals surface area contributed by atoms with Crippen LogP contribution in [0.25, 0.3) is 0 Å². The van der Waals surface area contributed by atoms with Crippen molar-refractivity contribution < 1.29 is 18.0 Å². The van der Waals surface area contributed by atoms with Gasteiger partial charge >= 0.3 is 0 Å². The van der Waals surface area contributed by atoms with Gasteiger partial charge in [-0.15, -0.1) is 0 Å². The van der Waals surface area contributed by atoms with Crippen LogP contribution in [0.15, 0.2) is 120 Å². The number of hydrogen-bond donors (Lipinski definition) is 1. The summed E-state index contributed by atoms with van der Waals surface area (Å²) in [5.41, 5.74) is 1.98. The maximum Gasteiger partial charge on any atom is 0.264 e. The molecule has 2 amide bonds. The summed E-state index contributed by atoms with van der Waals surface area (Å²) in [7, 11) is -4.17. The molecule has 0 aliphatic heterocycles. The third kappa shape index (κ3) is 7.87. The van der Waals surface area contributed by atoms with Crippen LogP contribution in [-0.2, 0) is 32.6 Å². The Morgan fingerprint density at radius 3 is 2.00 bits per heavy atom. The molecule has 1 atom stereocenters. The van der Waals surface area contributed by atoms with Gasteiger partial charge in [-0.05, 0) is 54.3 Å². The van der Waals surface area contributed by atoms with Crippen molar-refractivity contribution in [2.24, 2.45) is 0 Å². The predicted molar refractivity (Wildman–Crippen MR) is 174 cm³/mol. The summed E-state index contributed by atoms with van der Waals surface area (Å²) in [4.78, 5) is 30.0. The lowest BCUT2D eigenvalue weighted by Gasteiger charge is -2.34. The van der Waals surface area contributed by atoms with Crippen LogP contribution in [0.1, 0.15) is 36.8 Å². The number of anilines is 1. The molecule has 44 heavy (non-hydrogen) atoms. The van der Waals surface area contributed by atoms with E-state index in [9.17, 15) is 18.0 Å². The Morgan fingerprint density at radius 2 is 1.39 bits per heavy atom. The monoisotopic (exact) mass is 629 g/mol. The average molecular weight is 630 g/mol. The van der Waals surface area contributed by atoms with E-state index in [1.165, 1.54) is 23.1 Å². The molecule has 4 aromatic carbocycles. The summed E-state index contributed by atoms with van der Waals surface area (Å²) in [6.45, 7) is -0.392. The molecule has 5 rings (SSSR count). The third-order valence-corrected chi connectivity index (χ3v) is 9.90. The van der Waals surface area contributed by atoms with Crippen LogP contribution in [0.2, 0.25) is 5.02 Å². The van der Waals surface area contributed by atoms with E-state index >= 15 is 0 Å². The van der Waals surface area contributed by atoms with Crippen molar-refractivity contribution >= 4 is 39.1 Å². The first-order valence-corrected chi connectivity index (χ1v) is 16.6. The molecule has 0 aromatic heterocycles. The Labute approximate surface area is 264 Å². The van der Waals surface area contributed by atoms with E-state index in [1.807, 2.05) is 60.7 Å². The fraction of sp³-hybridized carbons (Fsp3) is 0.257. The van der Waals surface area contributed by atoms with Crippen LogP contribution in [0.3, 0.4) is 0 Å². The van der Waals surface area contributed by atoms with Crippen LogP contribution in [0.4, 0.5) is 5.69 Å². The maximum atomic E-state index is 14.5. The smallest absolute Gasteiger partial charge is 0.264 e. The molecule has 4 aromatic rings. The average Bonchev–Trinajstić information content (AvgIpc) is 3.56. The van der Waals surface area contributed by atoms with Gasteiger partial charge in [-0.25, -0.2) is 8.42 Å². The zero-order valence-corrected chi connectivity index (χ0v) is 26.0. The van der Waals surface area contributed by atoms with Crippen molar-refractivity contribution in [3.8, 4) is 0 Å². The normalized spacial score (nSPS) is 14.1. The SMILES string of the molecule is O=C(NC1CCCC1)[C@H](Cc1ccccc1)N(Cc1ccccc1)C(=O)CN(c1cccc(Cl)c1)S(=O)(=O)c1ccccc1. The molecular weight excluding hydrogens is 594 g/mol. The Morgan fingerprint density at radius 1 is 0.795 bits per heavy atom. The first-order chi connectivity index (χ1) is 21.3. The quantitative estimate of drug-likeness (QED) is 0.201. The number of rotatable bonds is 12. The zero-order chi connectivity index (χ0) is 30.9. The highest BCUT2D eigenvalue weighted by Gasteiger charge is 2.35. The molecule has 1 aliphatic carbocycles. The summed E-state index contributed by atoms with van der Waals surface area (Å²) in [6, 6.07) is 32.6. The van der Waals surface area contributed by atoms with E-state index in [4.69, 9.17) is 11.6 Å². The lowest BCUT2D eigenvalue weighted by molar-refractivity contribution is -0.140. The minimum Gasteiger partial charge on any atom is -0.352 e. The molecule has 1 N–H and O–H groups in total. The molecule has 9 heteroatoms. The van der Waals surface area contributed by atoms with Crippen LogP contribution in [-0.4, -0.2) is 43.8 Å². The minimum atomic E-state index is -4.17. The Kier molecular flexibility index (Phi) is 10.4. The topological polar surface area (TPSA) is 86.8 Å². The van der Waals surface area contributed by atoms with Crippen LogP contribution < -0.4 is 9.62 Å². The maximum absolute atomic E-state index is 14.5. The molecule has 1 aliphatic rings. The van der Waals surface area contributed by atoms with Gasteiger partial charge in [0.15, 0.2) is 0 Å². The number of sulfonamides is 1. The zero-order valence-electron chi connectivity index (χ0n) is 24.4. The molecule has 0 radical (unpaired) electrons. The largest absolute Gasteiger partial charge is 0.352 e. The number of hydrogen-bond acceptors (Lipinski definition) is 4. The van der Waals surface area contributed by atoms with Crippen molar-refractivity contribution in [2.75, 3.05) is 10.8 Å². The second-order valence-electron chi connectivity index (χ2n) is 11.0. The van der Waals surface area contributed by atoms with Gasteiger partial charge < -0.3 is 10.2 Å². The standard InChI is InChI=1S/C35H36ClN3O4S/c36-29-17-12-20-31(24-29)39(44(42,43)32-21-8-3-9-22-32)26-34(40)38(25-28-15-6-2-7-16-28)33(23-27-13-4-1-5-14-27)35(41)37-30-18-10-11-19-30/h1-9,12-17,20-22,24,30,33H,10-11,18-19,23,25-26H2,(H,37,41)/t33-/m0/s1. The van der Waals surface area contributed by atoms with Gasteiger partial charge in [0.1, 0.15) is 12.6 Å². The molecule has 0 saturated heterocycles. The van der Waals surface area contributed by atoms with E-state index in [2.05, 4.69) is 5.32 Å². The molecule has 0 unspecified atom stereocenters. The van der Waals surface area contributed by atoms with Crippen LogP contribution in [0.5, 0.6) is 0 Å². The minimum absolute atomic E-state index is 0.0437. The van der Waals surface area contributed by atoms with Gasteiger partial charge in [0.05, 0.1) is 10.6 Å². The highest BCUT2D eigenvalue weighted by Crippen LogP contribution is 2.27. The number of nitrogens with zero attached hydrogens (tertiary/aromatic N) is 2. The van der Waals surface area contributed by atoms with E-state index in [0.717, 1.165) is 41.1 Å². The van der Waals surface area contributed by atoms with Crippen molar-refractivity contribution in [1.29, 1.82) is 0 Å². The Balaban J connectivity index is 1.55. The van der Waals surface area contributed by atoms with E-state index in [1.54, 1.807) is 36.4 Å². The molecule has 0 spiro atoms. The second kappa shape index (κ2) is 14.6. The summed E-state index contributed by atoms with van der Waals surface area (Å²) in [5.74, 6) is -0.749. The Hall–Kier alpha value is -4.14. The van der Waals surface area contributed by atoms with E-state index in [-0.39, 0.29) is 35.5 Å². The van der Waals surface area contributed by atoms with Gasteiger partial charge in [0, 0.05) is 24.0 Å². The molecule has 7 nitrogen and oxygen atoms in total. The number of benzene rings is 4. The van der Waals surface area contributed by atoms with Gasteiger partial charge in [0.2, 0.25) is 11.8 Å². The Bertz CT molecular complexity index is 1650. The number of carbonyl (C=O) groups is 2. The highest BCUT2D eigenvalue weighted by atomic mass is 35.5. The number of carbonyl (C=O) groups excluding carboxylic acids is 2.